The quantitative estimate of drug-likeness (QED) is 0.549. The smallest absolute Gasteiger partial charge is 0.186 e. The van der Waals surface area contributed by atoms with Crippen LogP contribution in [0, 0.1) is 0 Å². The Morgan fingerprint density at radius 1 is 1.67 bits per heavy atom. The summed E-state index contributed by atoms with van der Waals surface area (Å²) >= 11 is 0. The van der Waals surface area contributed by atoms with E-state index in [0.717, 1.165) is 0 Å². The molecule has 0 saturated carbocycles. The van der Waals surface area contributed by atoms with Crippen molar-refractivity contribution in [1.82, 2.24) is 0 Å². The van der Waals surface area contributed by atoms with Crippen LogP contribution in [0.3, 0.4) is 0 Å². The van der Waals surface area contributed by atoms with Crippen molar-refractivity contribution in [1.29, 1.82) is 0 Å². The first-order valence-corrected chi connectivity index (χ1v) is 3.47. The minimum Gasteiger partial charge on any atom is -0.298 e. The molecule has 1 aliphatic heterocycles. The van der Waals surface area contributed by atoms with Gasteiger partial charge in [-0.2, -0.15) is 0 Å². The molecular weight excluding hydrogens is 112 g/mol. The molecule has 9 heavy (non-hydrogen) atoms. The first-order valence-electron chi connectivity index (χ1n) is 3.47. The van der Waals surface area contributed by atoms with Gasteiger partial charge in [0.05, 0.1) is 0 Å². The molecule has 1 aliphatic rings. The van der Waals surface area contributed by atoms with Crippen LogP contribution in [0.4, 0.5) is 0 Å². The summed E-state index contributed by atoms with van der Waals surface area (Å²) in [6, 6.07) is 0.646. The molecule has 0 aliphatic carbocycles. The second-order valence-electron chi connectivity index (χ2n) is 2.28. The second kappa shape index (κ2) is 3.41. The van der Waals surface area contributed by atoms with E-state index in [4.69, 9.17) is 0 Å². The molecule has 0 amide bonds. The van der Waals surface area contributed by atoms with Crippen LogP contribution < -0.4 is 5.32 Å². The Morgan fingerprint density at radius 3 is 3.11 bits per heavy atom. The number of hydrogen-bond donors (Lipinski definition) is 1. The fourth-order valence-electron chi connectivity index (χ4n) is 0.960. The SMILES string of the molecule is CCCC1C=CN=C[NH2+]1. The van der Waals surface area contributed by atoms with E-state index in [2.05, 4.69) is 23.3 Å². The van der Waals surface area contributed by atoms with E-state index in [0.29, 0.717) is 6.04 Å². The Labute approximate surface area is 55.7 Å². The van der Waals surface area contributed by atoms with Gasteiger partial charge in [-0.3, -0.25) is 5.32 Å². The molecule has 0 saturated heterocycles. The van der Waals surface area contributed by atoms with Gasteiger partial charge in [-0.05, 0) is 6.08 Å². The van der Waals surface area contributed by atoms with Crippen LogP contribution in [0.5, 0.6) is 0 Å². The molecule has 0 fully saturated rings. The van der Waals surface area contributed by atoms with Crippen molar-refractivity contribution in [3.8, 4) is 0 Å². The van der Waals surface area contributed by atoms with E-state index in [1.165, 1.54) is 12.8 Å². The summed E-state index contributed by atoms with van der Waals surface area (Å²) in [5, 5.41) is 2.14. The van der Waals surface area contributed by atoms with Gasteiger partial charge in [0.2, 0.25) is 0 Å². The lowest BCUT2D eigenvalue weighted by Crippen LogP contribution is -2.88. The fraction of sp³-hybridized carbons (Fsp3) is 0.571. The summed E-state index contributed by atoms with van der Waals surface area (Å²) < 4.78 is 0. The Hall–Kier alpha value is -0.630. The molecule has 1 heterocycles. The molecule has 1 rings (SSSR count). The van der Waals surface area contributed by atoms with Gasteiger partial charge in [-0.25, -0.2) is 4.99 Å². The van der Waals surface area contributed by atoms with Crippen LogP contribution in [0.1, 0.15) is 19.8 Å². The maximum atomic E-state index is 3.95. The topological polar surface area (TPSA) is 29.0 Å². The van der Waals surface area contributed by atoms with Crippen LogP contribution in [0.2, 0.25) is 0 Å². The average molecular weight is 125 g/mol. The molecule has 0 bridgehead atoms. The Morgan fingerprint density at radius 2 is 2.56 bits per heavy atom. The number of nitrogens with zero attached hydrogens (tertiary/aromatic N) is 1. The van der Waals surface area contributed by atoms with Crippen molar-refractivity contribution < 1.29 is 5.32 Å². The highest BCUT2D eigenvalue weighted by Crippen LogP contribution is 1.94. The number of nitrogens with two attached hydrogens (primary N) is 1. The van der Waals surface area contributed by atoms with Crippen molar-refractivity contribution in [2.75, 3.05) is 0 Å². The maximum Gasteiger partial charge on any atom is 0.186 e. The van der Waals surface area contributed by atoms with Crippen molar-refractivity contribution in [2.24, 2.45) is 4.99 Å². The second-order valence-corrected chi connectivity index (χ2v) is 2.28. The third kappa shape index (κ3) is 1.98. The molecular formula is C7H13N2+. The monoisotopic (exact) mass is 125 g/mol. The van der Waals surface area contributed by atoms with Crippen molar-refractivity contribution >= 4 is 6.34 Å². The molecule has 0 aromatic rings. The standard InChI is InChI=1S/C7H12N2/c1-2-3-7-4-5-8-6-9-7/h4-7H,2-3H2,1H3,(H,8,9)/p+1. The van der Waals surface area contributed by atoms with Crippen LogP contribution in [-0.2, 0) is 0 Å². The predicted molar refractivity (Wildman–Crippen MR) is 38.3 cm³/mol. The van der Waals surface area contributed by atoms with Crippen LogP contribution >= 0.6 is 0 Å². The number of aliphatic imine (C=N–C) groups is 1. The van der Waals surface area contributed by atoms with Gasteiger partial charge in [0.1, 0.15) is 6.04 Å². The zero-order valence-corrected chi connectivity index (χ0v) is 5.75. The first-order chi connectivity index (χ1) is 4.43. The molecule has 1 atom stereocenters. The largest absolute Gasteiger partial charge is 0.298 e. The third-order valence-corrected chi connectivity index (χ3v) is 1.46. The highest BCUT2D eigenvalue weighted by Gasteiger charge is 2.05. The predicted octanol–water partition coefficient (Wildman–Crippen LogP) is 0.274. The van der Waals surface area contributed by atoms with Gasteiger partial charge in [0, 0.05) is 12.6 Å². The van der Waals surface area contributed by atoms with Crippen LogP contribution in [-0.4, -0.2) is 12.4 Å². The summed E-state index contributed by atoms with van der Waals surface area (Å²) in [6.45, 7) is 2.20. The molecule has 2 heteroatoms. The third-order valence-electron chi connectivity index (χ3n) is 1.46. The van der Waals surface area contributed by atoms with Gasteiger partial charge in [-0.15, -0.1) is 0 Å². The minimum atomic E-state index is 0.646. The molecule has 1 unspecified atom stereocenters. The molecule has 0 aromatic carbocycles. The zero-order chi connectivity index (χ0) is 6.53. The van der Waals surface area contributed by atoms with Crippen molar-refractivity contribution in [3.63, 3.8) is 0 Å². The summed E-state index contributed by atoms with van der Waals surface area (Å²) in [5.41, 5.74) is 0. The van der Waals surface area contributed by atoms with E-state index in [1.54, 1.807) is 0 Å². The normalized spacial score (nSPS) is 24.8. The Kier molecular flexibility index (Phi) is 2.46. The molecule has 0 spiro atoms. The van der Waals surface area contributed by atoms with E-state index < -0.39 is 0 Å². The highest BCUT2D eigenvalue weighted by molar-refractivity contribution is 5.44. The van der Waals surface area contributed by atoms with Gasteiger partial charge in [0.25, 0.3) is 0 Å². The van der Waals surface area contributed by atoms with E-state index in [1.807, 2.05) is 12.5 Å². The number of quaternary nitrogens is 1. The van der Waals surface area contributed by atoms with E-state index in [9.17, 15) is 0 Å². The lowest BCUT2D eigenvalue weighted by Gasteiger charge is -2.07. The molecule has 50 valence electrons. The van der Waals surface area contributed by atoms with E-state index >= 15 is 0 Å². The molecule has 2 N–H and O–H groups in total. The van der Waals surface area contributed by atoms with Gasteiger partial charge < -0.3 is 0 Å². The summed E-state index contributed by atoms with van der Waals surface area (Å²) in [7, 11) is 0. The van der Waals surface area contributed by atoms with Crippen molar-refractivity contribution in [2.45, 2.75) is 25.8 Å². The van der Waals surface area contributed by atoms with Crippen LogP contribution in [0.15, 0.2) is 17.3 Å². The van der Waals surface area contributed by atoms with Gasteiger partial charge >= 0.3 is 0 Å². The maximum absolute atomic E-state index is 3.95. The highest BCUT2D eigenvalue weighted by atomic mass is 15.0. The molecule has 2 nitrogen and oxygen atoms in total. The average Bonchev–Trinajstić information content (AvgIpc) is 1.91. The summed E-state index contributed by atoms with van der Waals surface area (Å²) in [5.74, 6) is 0. The first kappa shape index (κ1) is 6.49. The number of rotatable bonds is 2. The Balaban J connectivity index is 2.28. The zero-order valence-electron chi connectivity index (χ0n) is 5.75. The lowest BCUT2D eigenvalue weighted by atomic mass is 10.1. The van der Waals surface area contributed by atoms with Gasteiger partial charge in [0.15, 0.2) is 6.34 Å². The minimum absolute atomic E-state index is 0.646. The summed E-state index contributed by atoms with van der Waals surface area (Å²) in [4.78, 5) is 3.95. The molecule has 0 radical (unpaired) electrons. The fourth-order valence-corrected chi connectivity index (χ4v) is 0.960. The van der Waals surface area contributed by atoms with E-state index in [-0.39, 0.29) is 0 Å². The lowest BCUT2D eigenvalue weighted by molar-refractivity contribution is -0.561. The number of hydrogen-bond acceptors (Lipinski definition) is 1. The summed E-state index contributed by atoms with van der Waals surface area (Å²) in [6.07, 6.45) is 8.39. The van der Waals surface area contributed by atoms with Crippen LogP contribution in [0.25, 0.3) is 0 Å². The Bertz CT molecular complexity index is 127. The van der Waals surface area contributed by atoms with Gasteiger partial charge in [-0.1, -0.05) is 13.3 Å². The molecule has 0 aromatic heterocycles. The van der Waals surface area contributed by atoms with Crippen molar-refractivity contribution in [3.05, 3.63) is 12.3 Å².